The van der Waals surface area contributed by atoms with Crippen LogP contribution in [0.15, 0.2) is 48.7 Å². The van der Waals surface area contributed by atoms with Gasteiger partial charge in [-0.3, -0.25) is 9.89 Å². The highest BCUT2D eigenvalue weighted by atomic mass is 35.5. The van der Waals surface area contributed by atoms with Crippen LogP contribution in [0, 0.1) is 0 Å². The van der Waals surface area contributed by atoms with E-state index in [9.17, 15) is 9.59 Å². The lowest BCUT2D eigenvalue weighted by molar-refractivity contribution is -0.134. The summed E-state index contributed by atoms with van der Waals surface area (Å²) in [6.07, 6.45) is 1.71. The molecule has 1 aliphatic heterocycles. The molecule has 1 saturated heterocycles. The molecule has 1 atom stereocenters. The Morgan fingerprint density at radius 1 is 1.10 bits per heavy atom. The zero-order valence-corrected chi connectivity index (χ0v) is 16.4. The molecule has 29 heavy (non-hydrogen) atoms. The Labute approximate surface area is 172 Å². The number of carbonyl (C=O) groups excluding carboxylic acids is 2. The number of fused-ring (bicyclic) bond motifs is 1. The van der Waals surface area contributed by atoms with Crippen molar-refractivity contribution < 1.29 is 9.59 Å². The molecule has 9 heteroatoms. The molecule has 8 nitrogen and oxygen atoms in total. The molecule has 1 unspecified atom stereocenters. The molecule has 0 aliphatic carbocycles. The van der Waals surface area contributed by atoms with Crippen LogP contribution >= 0.6 is 11.6 Å². The van der Waals surface area contributed by atoms with Gasteiger partial charge in [0.25, 0.3) is 0 Å². The number of anilines is 1. The van der Waals surface area contributed by atoms with Crippen LogP contribution in [0.25, 0.3) is 10.9 Å². The Bertz CT molecular complexity index is 1040. The molecule has 1 aromatic heterocycles. The van der Waals surface area contributed by atoms with Gasteiger partial charge in [0.2, 0.25) is 5.91 Å². The lowest BCUT2D eigenvalue weighted by Crippen LogP contribution is -2.53. The Balaban J connectivity index is 1.33. The van der Waals surface area contributed by atoms with Crippen molar-refractivity contribution in [1.29, 1.82) is 0 Å². The van der Waals surface area contributed by atoms with E-state index in [-0.39, 0.29) is 11.9 Å². The molecule has 0 bridgehead atoms. The number of piperazine rings is 1. The summed E-state index contributed by atoms with van der Waals surface area (Å²) in [6, 6.07) is 11.6. The number of aromatic nitrogens is 2. The molecular weight excluding hydrogens is 392 g/mol. The van der Waals surface area contributed by atoms with E-state index in [4.69, 9.17) is 17.3 Å². The monoisotopic (exact) mass is 412 g/mol. The fourth-order valence-electron chi connectivity index (χ4n) is 3.39. The quantitative estimate of drug-likeness (QED) is 0.614. The average Bonchev–Trinajstić information content (AvgIpc) is 3.20. The van der Waals surface area contributed by atoms with E-state index in [2.05, 4.69) is 15.5 Å². The third kappa shape index (κ3) is 4.18. The summed E-state index contributed by atoms with van der Waals surface area (Å²) in [6.45, 7) is 1.74. The van der Waals surface area contributed by atoms with Crippen LogP contribution in [0.5, 0.6) is 0 Å². The standard InChI is InChI=1S/C20H21ClN6O2/c21-15-3-1-2-13(10-15)18(22)19(28)26-6-8-27(9-7-26)20(29)24-16-4-5-17-14(11-16)12-23-25-17/h1-5,10-12,18H,6-9,22H2,(H,23,25)(H,24,29). The van der Waals surface area contributed by atoms with E-state index >= 15 is 0 Å². The van der Waals surface area contributed by atoms with Gasteiger partial charge in [0.15, 0.2) is 0 Å². The number of hydrogen-bond donors (Lipinski definition) is 3. The SMILES string of the molecule is NC(C(=O)N1CCN(C(=O)Nc2ccc3[nH]ncc3c2)CC1)c1cccc(Cl)c1. The predicted octanol–water partition coefficient (Wildman–Crippen LogP) is 2.59. The summed E-state index contributed by atoms with van der Waals surface area (Å²) >= 11 is 5.99. The van der Waals surface area contributed by atoms with Crippen molar-refractivity contribution in [2.24, 2.45) is 5.73 Å². The van der Waals surface area contributed by atoms with Gasteiger partial charge in [0, 0.05) is 42.3 Å². The van der Waals surface area contributed by atoms with Gasteiger partial charge in [-0.2, -0.15) is 5.10 Å². The topological polar surface area (TPSA) is 107 Å². The first-order chi connectivity index (χ1) is 14.0. The summed E-state index contributed by atoms with van der Waals surface area (Å²) in [5.41, 5.74) is 8.41. The Morgan fingerprint density at radius 3 is 2.62 bits per heavy atom. The van der Waals surface area contributed by atoms with Crippen molar-refractivity contribution in [3.63, 3.8) is 0 Å². The second kappa shape index (κ2) is 8.10. The van der Waals surface area contributed by atoms with Crippen molar-refractivity contribution >= 4 is 40.1 Å². The van der Waals surface area contributed by atoms with Crippen LogP contribution in [-0.2, 0) is 4.79 Å². The normalized spacial score (nSPS) is 15.4. The molecular formula is C20H21ClN6O2. The van der Waals surface area contributed by atoms with Crippen molar-refractivity contribution in [2.45, 2.75) is 6.04 Å². The average molecular weight is 413 g/mol. The number of carbonyl (C=O) groups is 2. The first kappa shape index (κ1) is 19.2. The van der Waals surface area contributed by atoms with Gasteiger partial charge in [-0.25, -0.2) is 4.79 Å². The molecule has 0 saturated carbocycles. The molecule has 1 fully saturated rings. The van der Waals surface area contributed by atoms with E-state index < -0.39 is 6.04 Å². The van der Waals surface area contributed by atoms with Crippen molar-refractivity contribution in [3.8, 4) is 0 Å². The van der Waals surface area contributed by atoms with Gasteiger partial charge in [-0.15, -0.1) is 0 Å². The van der Waals surface area contributed by atoms with Crippen molar-refractivity contribution in [2.75, 3.05) is 31.5 Å². The molecule has 2 aromatic carbocycles. The van der Waals surface area contributed by atoms with E-state index in [1.165, 1.54) is 0 Å². The number of urea groups is 1. The minimum absolute atomic E-state index is 0.169. The Kier molecular flexibility index (Phi) is 5.37. The molecule has 1 aliphatic rings. The fraction of sp³-hybridized carbons (Fsp3) is 0.250. The second-order valence-corrected chi connectivity index (χ2v) is 7.38. The highest BCUT2D eigenvalue weighted by Crippen LogP contribution is 2.20. The number of rotatable bonds is 3. The smallest absolute Gasteiger partial charge is 0.321 e. The van der Waals surface area contributed by atoms with E-state index in [1.807, 2.05) is 18.2 Å². The second-order valence-electron chi connectivity index (χ2n) is 6.95. The van der Waals surface area contributed by atoms with Crippen molar-refractivity contribution in [3.05, 3.63) is 59.2 Å². The Morgan fingerprint density at radius 2 is 1.86 bits per heavy atom. The summed E-state index contributed by atoms with van der Waals surface area (Å²) < 4.78 is 0. The number of amides is 3. The summed E-state index contributed by atoms with van der Waals surface area (Å²) in [4.78, 5) is 28.6. The first-order valence-corrected chi connectivity index (χ1v) is 9.68. The van der Waals surface area contributed by atoms with Gasteiger partial charge >= 0.3 is 6.03 Å². The fourth-order valence-corrected chi connectivity index (χ4v) is 3.59. The highest BCUT2D eigenvalue weighted by Gasteiger charge is 2.28. The molecule has 150 valence electrons. The number of aromatic amines is 1. The number of nitrogens with zero attached hydrogens (tertiary/aromatic N) is 3. The number of halogens is 1. The highest BCUT2D eigenvalue weighted by molar-refractivity contribution is 6.30. The predicted molar refractivity (Wildman–Crippen MR) is 112 cm³/mol. The molecule has 2 heterocycles. The van der Waals surface area contributed by atoms with Crippen LogP contribution in [0.1, 0.15) is 11.6 Å². The van der Waals surface area contributed by atoms with E-state index in [0.717, 1.165) is 10.9 Å². The molecule has 4 N–H and O–H groups in total. The van der Waals surface area contributed by atoms with Gasteiger partial charge in [0.1, 0.15) is 6.04 Å². The zero-order chi connectivity index (χ0) is 20.4. The lowest BCUT2D eigenvalue weighted by Gasteiger charge is -2.35. The maximum absolute atomic E-state index is 12.7. The molecule has 3 aromatic rings. The molecule has 4 rings (SSSR count). The molecule has 0 radical (unpaired) electrons. The zero-order valence-electron chi connectivity index (χ0n) is 15.6. The Hall–Kier alpha value is -3.10. The van der Waals surface area contributed by atoms with E-state index in [1.54, 1.807) is 40.3 Å². The number of H-pyrrole nitrogens is 1. The van der Waals surface area contributed by atoms with Gasteiger partial charge in [-0.1, -0.05) is 23.7 Å². The number of nitrogens with one attached hydrogen (secondary N) is 2. The van der Waals surface area contributed by atoms with Crippen LogP contribution < -0.4 is 11.1 Å². The third-order valence-electron chi connectivity index (χ3n) is 5.04. The third-order valence-corrected chi connectivity index (χ3v) is 5.28. The first-order valence-electron chi connectivity index (χ1n) is 9.30. The number of hydrogen-bond acceptors (Lipinski definition) is 4. The minimum Gasteiger partial charge on any atom is -0.337 e. The molecule has 0 spiro atoms. The van der Waals surface area contributed by atoms with Crippen LogP contribution in [0.2, 0.25) is 5.02 Å². The van der Waals surface area contributed by atoms with Crippen LogP contribution in [-0.4, -0.2) is 58.1 Å². The summed E-state index contributed by atoms with van der Waals surface area (Å²) in [5.74, 6) is -0.169. The largest absolute Gasteiger partial charge is 0.337 e. The summed E-state index contributed by atoms with van der Waals surface area (Å²) in [7, 11) is 0. The maximum Gasteiger partial charge on any atom is 0.321 e. The number of benzene rings is 2. The summed E-state index contributed by atoms with van der Waals surface area (Å²) in [5, 5.41) is 11.2. The maximum atomic E-state index is 12.7. The van der Waals surface area contributed by atoms with E-state index in [0.29, 0.717) is 42.5 Å². The van der Waals surface area contributed by atoms with Gasteiger partial charge in [-0.05, 0) is 35.9 Å². The van der Waals surface area contributed by atoms with Gasteiger partial charge in [0.05, 0.1) is 11.7 Å². The van der Waals surface area contributed by atoms with Crippen molar-refractivity contribution in [1.82, 2.24) is 20.0 Å². The minimum atomic E-state index is -0.768. The number of nitrogens with two attached hydrogens (primary N) is 1. The van der Waals surface area contributed by atoms with Gasteiger partial charge < -0.3 is 20.9 Å². The lowest BCUT2D eigenvalue weighted by atomic mass is 10.1. The van der Waals surface area contributed by atoms with Crippen LogP contribution in [0.3, 0.4) is 0 Å². The molecule has 3 amide bonds. The van der Waals surface area contributed by atoms with Crippen LogP contribution in [0.4, 0.5) is 10.5 Å².